The molecule has 0 aromatic carbocycles. The first-order valence-corrected chi connectivity index (χ1v) is 5.64. The molecule has 1 aromatic rings. The summed E-state index contributed by atoms with van der Waals surface area (Å²) in [7, 11) is 1.31. The van der Waals surface area contributed by atoms with E-state index in [-0.39, 0.29) is 24.8 Å². The minimum Gasteiger partial charge on any atom is -0.469 e. The van der Waals surface area contributed by atoms with Crippen LogP contribution >= 0.6 is 0 Å². The van der Waals surface area contributed by atoms with Crippen molar-refractivity contribution < 1.29 is 14.3 Å². The molecular formula is C12H15N3O3. The largest absolute Gasteiger partial charge is 0.469 e. The van der Waals surface area contributed by atoms with Crippen molar-refractivity contribution in [2.24, 2.45) is 5.92 Å². The van der Waals surface area contributed by atoms with Crippen molar-refractivity contribution in [1.29, 1.82) is 0 Å². The molecule has 1 fully saturated rings. The molecule has 96 valence electrons. The maximum atomic E-state index is 11.9. The molecule has 1 saturated heterocycles. The Morgan fingerprint density at radius 3 is 2.94 bits per heavy atom. The molecule has 2 heterocycles. The molecule has 0 spiro atoms. The second-order valence-electron chi connectivity index (χ2n) is 4.29. The normalized spacial score (nSPS) is 19.1. The minimum atomic E-state index is -0.441. The molecule has 6 heteroatoms. The number of methoxy groups -OCH3 is 1. The fourth-order valence-corrected chi connectivity index (χ4v) is 2.01. The van der Waals surface area contributed by atoms with Crippen LogP contribution in [0.5, 0.6) is 0 Å². The average molecular weight is 249 g/mol. The van der Waals surface area contributed by atoms with Gasteiger partial charge >= 0.3 is 5.97 Å². The maximum absolute atomic E-state index is 11.9. The lowest BCUT2D eigenvalue weighted by atomic mass is 10.1. The number of aryl methyl sites for hydroxylation is 1. The van der Waals surface area contributed by atoms with Crippen molar-refractivity contribution in [2.45, 2.75) is 13.3 Å². The summed E-state index contributed by atoms with van der Waals surface area (Å²) in [5.74, 6) is -0.553. The number of rotatable bonds is 2. The molecule has 1 aromatic heterocycles. The number of hydrogen-bond donors (Lipinski definition) is 1. The van der Waals surface area contributed by atoms with Crippen molar-refractivity contribution in [1.82, 2.24) is 4.98 Å². The van der Waals surface area contributed by atoms with Gasteiger partial charge in [0.1, 0.15) is 0 Å². The van der Waals surface area contributed by atoms with Crippen LogP contribution in [-0.2, 0) is 14.3 Å². The lowest BCUT2D eigenvalue weighted by Gasteiger charge is -2.17. The van der Waals surface area contributed by atoms with E-state index >= 15 is 0 Å². The molecule has 0 aliphatic carbocycles. The van der Waals surface area contributed by atoms with Crippen LogP contribution in [0, 0.1) is 12.8 Å². The summed E-state index contributed by atoms with van der Waals surface area (Å²) in [4.78, 5) is 29.0. The molecule has 1 atom stereocenters. The number of esters is 1. The summed E-state index contributed by atoms with van der Waals surface area (Å²) in [5, 5.41) is 0. The summed E-state index contributed by atoms with van der Waals surface area (Å²) in [6.45, 7) is 2.09. The van der Waals surface area contributed by atoms with E-state index in [1.807, 2.05) is 6.92 Å². The Kier molecular flexibility index (Phi) is 3.18. The summed E-state index contributed by atoms with van der Waals surface area (Å²) in [6, 6.07) is 3.48. The van der Waals surface area contributed by atoms with Crippen LogP contribution in [0.25, 0.3) is 0 Å². The topological polar surface area (TPSA) is 85.5 Å². The molecule has 1 amide bonds. The van der Waals surface area contributed by atoms with Crippen LogP contribution in [0.4, 0.5) is 11.5 Å². The van der Waals surface area contributed by atoms with Crippen LogP contribution < -0.4 is 10.6 Å². The number of nitrogens with zero attached hydrogens (tertiary/aromatic N) is 2. The third-order valence-corrected chi connectivity index (χ3v) is 2.96. The van der Waals surface area contributed by atoms with E-state index in [1.54, 1.807) is 12.1 Å². The number of carbonyl (C=O) groups is 2. The van der Waals surface area contributed by atoms with Crippen LogP contribution in [0.1, 0.15) is 12.1 Å². The highest BCUT2D eigenvalue weighted by Crippen LogP contribution is 2.28. The summed E-state index contributed by atoms with van der Waals surface area (Å²) < 4.78 is 4.65. The Hall–Kier alpha value is -2.11. The SMILES string of the molecule is COC(=O)C1CC(=O)N(c2nc(C)ccc2N)C1. The van der Waals surface area contributed by atoms with Crippen molar-refractivity contribution in [3.8, 4) is 0 Å². The van der Waals surface area contributed by atoms with Crippen LogP contribution in [-0.4, -0.2) is 30.5 Å². The first-order chi connectivity index (χ1) is 8.52. The number of carbonyl (C=O) groups excluding carboxylic acids is 2. The third-order valence-electron chi connectivity index (χ3n) is 2.96. The van der Waals surface area contributed by atoms with E-state index in [0.717, 1.165) is 5.69 Å². The highest BCUT2D eigenvalue weighted by atomic mass is 16.5. The number of ether oxygens (including phenoxy) is 1. The predicted octanol–water partition coefficient (Wildman–Crippen LogP) is 0.498. The Bertz CT molecular complexity index is 501. The van der Waals surface area contributed by atoms with Crippen molar-refractivity contribution in [3.05, 3.63) is 17.8 Å². The first-order valence-electron chi connectivity index (χ1n) is 5.64. The zero-order valence-corrected chi connectivity index (χ0v) is 10.3. The highest BCUT2D eigenvalue weighted by molar-refractivity contribution is 6.00. The smallest absolute Gasteiger partial charge is 0.311 e. The summed E-state index contributed by atoms with van der Waals surface area (Å²) >= 11 is 0. The lowest BCUT2D eigenvalue weighted by molar-refractivity contribution is -0.145. The van der Waals surface area contributed by atoms with Gasteiger partial charge in [-0.15, -0.1) is 0 Å². The number of aromatic nitrogens is 1. The van der Waals surface area contributed by atoms with Gasteiger partial charge in [0.05, 0.1) is 18.7 Å². The minimum absolute atomic E-state index is 0.141. The molecule has 18 heavy (non-hydrogen) atoms. The van der Waals surface area contributed by atoms with E-state index in [2.05, 4.69) is 9.72 Å². The zero-order chi connectivity index (χ0) is 13.3. The Balaban J connectivity index is 2.27. The standard InChI is InChI=1S/C12H15N3O3/c1-7-3-4-9(13)11(14-7)15-6-8(5-10(15)16)12(17)18-2/h3-4,8H,5-6,13H2,1-2H3. The van der Waals surface area contributed by atoms with Crippen molar-refractivity contribution >= 4 is 23.4 Å². The van der Waals surface area contributed by atoms with Gasteiger partial charge in [0, 0.05) is 18.7 Å². The van der Waals surface area contributed by atoms with Gasteiger partial charge in [0.2, 0.25) is 5.91 Å². The number of nitrogen functional groups attached to an aromatic ring is 1. The molecule has 2 rings (SSSR count). The molecule has 0 radical (unpaired) electrons. The molecule has 0 saturated carbocycles. The Morgan fingerprint density at radius 1 is 1.56 bits per heavy atom. The van der Waals surface area contributed by atoms with Crippen molar-refractivity contribution in [3.63, 3.8) is 0 Å². The monoisotopic (exact) mass is 249 g/mol. The Morgan fingerprint density at radius 2 is 2.28 bits per heavy atom. The van der Waals surface area contributed by atoms with Crippen LogP contribution in [0.15, 0.2) is 12.1 Å². The number of amides is 1. The van der Waals surface area contributed by atoms with E-state index in [9.17, 15) is 9.59 Å². The molecule has 0 bridgehead atoms. The number of anilines is 2. The molecule has 1 aliphatic heterocycles. The van der Waals surface area contributed by atoms with Crippen LogP contribution in [0.3, 0.4) is 0 Å². The fraction of sp³-hybridized carbons (Fsp3) is 0.417. The van der Waals surface area contributed by atoms with E-state index in [4.69, 9.17) is 5.73 Å². The first kappa shape index (κ1) is 12.3. The lowest BCUT2D eigenvalue weighted by Crippen LogP contribution is -2.28. The van der Waals surface area contributed by atoms with Gasteiger partial charge in [-0.1, -0.05) is 0 Å². The third kappa shape index (κ3) is 2.13. The molecule has 1 unspecified atom stereocenters. The summed E-state index contributed by atoms with van der Waals surface area (Å²) in [6.07, 6.45) is 0.141. The number of nitrogens with two attached hydrogens (primary N) is 1. The van der Waals surface area contributed by atoms with E-state index < -0.39 is 5.92 Å². The van der Waals surface area contributed by atoms with Crippen molar-refractivity contribution in [2.75, 3.05) is 24.3 Å². The zero-order valence-electron chi connectivity index (χ0n) is 10.3. The van der Waals surface area contributed by atoms with Gasteiger partial charge in [-0.2, -0.15) is 0 Å². The molecule has 6 nitrogen and oxygen atoms in total. The predicted molar refractivity (Wildman–Crippen MR) is 65.9 cm³/mol. The molecule has 1 aliphatic rings. The van der Waals surface area contributed by atoms with Gasteiger partial charge in [-0.25, -0.2) is 4.98 Å². The van der Waals surface area contributed by atoms with Crippen LogP contribution in [0.2, 0.25) is 0 Å². The fourth-order valence-electron chi connectivity index (χ4n) is 2.01. The Labute approximate surface area is 105 Å². The van der Waals surface area contributed by atoms with Gasteiger partial charge in [0.15, 0.2) is 5.82 Å². The van der Waals surface area contributed by atoms with Gasteiger partial charge in [-0.05, 0) is 19.1 Å². The molecular weight excluding hydrogens is 234 g/mol. The molecule has 2 N–H and O–H groups in total. The summed E-state index contributed by atoms with van der Waals surface area (Å²) in [5.41, 5.74) is 7.01. The number of pyridine rings is 1. The highest BCUT2D eigenvalue weighted by Gasteiger charge is 2.37. The van der Waals surface area contributed by atoms with Gasteiger partial charge in [0.25, 0.3) is 0 Å². The second kappa shape index (κ2) is 4.64. The maximum Gasteiger partial charge on any atom is 0.311 e. The second-order valence-corrected chi connectivity index (χ2v) is 4.29. The average Bonchev–Trinajstić information content (AvgIpc) is 2.73. The van der Waals surface area contributed by atoms with E-state index in [1.165, 1.54) is 12.0 Å². The van der Waals surface area contributed by atoms with Gasteiger partial charge in [-0.3, -0.25) is 14.5 Å². The quantitative estimate of drug-likeness (QED) is 0.771. The number of hydrogen-bond acceptors (Lipinski definition) is 5. The van der Waals surface area contributed by atoms with E-state index in [0.29, 0.717) is 11.5 Å². The van der Waals surface area contributed by atoms with Gasteiger partial charge < -0.3 is 10.5 Å².